The van der Waals surface area contributed by atoms with E-state index in [1.165, 1.54) is 18.2 Å². The zero-order valence-electron chi connectivity index (χ0n) is 18.0. The second-order valence-corrected chi connectivity index (χ2v) is 9.31. The summed E-state index contributed by atoms with van der Waals surface area (Å²) < 4.78 is 39.6. The Morgan fingerprint density at radius 3 is 2.52 bits per heavy atom. The van der Waals surface area contributed by atoms with Crippen molar-refractivity contribution in [3.05, 3.63) is 76.9 Å². The molecule has 7 heteroatoms. The molecule has 1 saturated carbocycles. The van der Waals surface area contributed by atoms with Gasteiger partial charge < -0.3 is 19.7 Å². The number of hydrogen-bond donors (Lipinski definition) is 2. The van der Waals surface area contributed by atoms with Crippen molar-refractivity contribution in [2.24, 2.45) is 11.8 Å². The van der Waals surface area contributed by atoms with Crippen LogP contribution in [-0.4, -0.2) is 41.6 Å². The van der Waals surface area contributed by atoms with Crippen LogP contribution in [0.5, 0.6) is 5.75 Å². The van der Waals surface area contributed by atoms with E-state index in [9.17, 15) is 23.8 Å². The molecule has 1 aliphatic carbocycles. The number of aromatic carboxylic acids is 1. The molecule has 33 heavy (non-hydrogen) atoms. The van der Waals surface area contributed by atoms with Gasteiger partial charge >= 0.3 is 5.97 Å². The van der Waals surface area contributed by atoms with Crippen LogP contribution in [0.1, 0.15) is 40.7 Å². The smallest absolute Gasteiger partial charge is 0.338 e. The van der Waals surface area contributed by atoms with Gasteiger partial charge in [0.15, 0.2) is 11.6 Å². The highest BCUT2D eigenvalue weighted by Gasteiger charge is 2.46. The summed E-state index contributed by atoms with van der Waals surface area (Å²) in [4.78, 5) is 11.3. The van der Waals surface area contributed by atoms with E-state index in [0.29, 0.717) is 25.2 Å². The number of hydrogen-bond acceptors (Lipinski definition) is 4. The molecule has 0 radical (unpaired) electrons. The summed E-state index contributed by atoms with van der Waals surface area (Å²) in [5.41, 5.74) is 0.569. The lowest BCUT2D eigenvalue weighted by Crippen LogP contribution is -2.54. The summed E-state index contributed by atoms with van der Waals surface area (Å²) in [5.74, 6) is -2.07. The summed E-state index contributed by atoms with van der Waals surface area (Å²) in [6.07, 6.45) is 5.82. The molecule has 2 fully saturated rings. The molecule has 0 bridgehead atoms. The van der Waals surface area contributed by atoms with Crippen molar-refractivity contribution in [2.75, 3.05) is 13.2 Å². The first kappa shape index (κ1) is 22.0. The molecular weight excluding hydrogens is 430 g/mol. The molecule has 2 N–H and O–H groups in total. The van der Waals surface area contributed by atoms with E-state index in [1.807, 2.05) is 6.08 Å². The Labute approximate surface area is 190 Å². The van der Waals surface area contributed by atoms with Gasteiger partial charge in [0.2, 0.25) is 0 Å². The fraction of sp³-hybridized carbons (Fsp3) is 0.423. The Hall–Kier alpha value is -2.77. The third-order valence-corrected chi connectivity index (χ3v) is 7.48. The fourth-order valence-corrected chi connectivity index (χ4v) is 5.45. The van der Waals surface area contributed by atoms with Crippen LogP contribution in [0, 0.1) is 23.5 Å². The van der Waals surface area contributed by atoms with E-state index in [0.717, 1.165) is 24.8 Å². The number of ether oxygens (including phenoxy) is 2. The topological polar surface area (TPSA) is 76.0 Å². The second-order valence-electron chi connectivity index (χ2n) is 9.31. The molecule has 2 aromatic carbocycles. The Balaban J connectivity index is 1.32. The predicted molar refractivity (Wildman–Crippen MR) is 116 cm³/mol. The highest BCUT2D eigenvalue weighted by atomic mass is 19.1. The molecule has 1 unspecified atom stereocenters. The number of aliphatic hydroxyl groups is 1. The van der Waals surface area contributed by atoms with E-state index in [-0.39, 0.29) is 35.1 Å². The molecule has 0 aromatic heterocycles. The summed E-state index contributed by atoms with van der Waals surface area (Å²) in [6.45, 7) is 0.731. The maximum atomic E-state index is 14.8. The molecule has 2 heterocycles. The molecule has 4 atom stereocenters. The molecule has 3 aliphatic rings. The van der Waals surface area contributed by atoms with Crippen molar-refractivity contribution in [3.63, 3.8) is 0 Å². The Morgan fingerprint density at radius 2 is 1.85 bits per heavy atom. The molecular formula is C26H26F2O5. The zero-order valence-corrected chi connectivity index (χ0v) is 18.0. The minimum absolute atomic E-state index is 0.0638. The van der Waals surface area contributed by atoms with E-state index in [2.05, 4.69) is 0 Å². The first-order chi connectivity index (χ1) is 15.9. The van der Waals surface area contributed by atoms with E-state index < -0.39 is 23.3 Å². The van der Waals surface area contributed by atoms with Gasteiger partial charge in [-0.25, -0.2) is 13.6 Å². The van der Waals surface area contributed by atoms with Gasteiger partial charge in [-0.3, -0.25) is 0 Å². The van der Waals surface area contributed by atoms with Gasteiger partial charge in [-0.15, -0.1) is 0 Å². The van der Waals surface area contributed by atoms with Crippen LogP contribution in [0.3, 0.4) is 0 Å². The van der Waals surface area contributed by atoms with Gasteiger partial charge in [0.05, 0.1) is 30.3 Å². The van der Waals surface area contributed by atoms with Gasteiger partial charge in [-0.05, 0) is 60.9 Å². The first-order valence-electron chi connectivity index (χ1n) is 11.3. The van der Waals surface area contributed by atoms with Crippen molar-refractivity contribution >= 4 is 5.97 Å². The lowest BCUT2D eigenvalue weighted by atomic mass is 9.73. The van der Waals surface area contributed by atoms with Crippen molar-refractivity contribution in [2.45, 2.75) is 43.3 Å². The molecule has 174 valence electrons. The van der Waals surface area contributed by atoms with Gasteiger partial charge in [-0.2, -0.15) is 0 Å². The minimum atomic E-state index is -1.31. The normalized spacial score (nSPS) is 26.6. The number of benzene rings is 2. The third kappa shape index (κ3) is 3.83. The monoisotopic (exact) mass is 456 g/mol. The van der Waals surface area contributed by atoms with Gasteiger partial charge in [0.1, 0.15) is 11.9 Å². The van der Waals surface area contributed by atoms with Crippen LogP contribution < -0.4 is 4.74 Å². The average molecular weight is 456 g/mol. The van der Waals surface area contributed by atoms with Crippen LogP contribution in [-0.2, 0) is 16.6 Å². The highest BCUT2D eigenvalue weighted by Crippen LogP contribution is 2.44. The second kappa shape index (κ2) is 8.54. The molecule has 5 nitrogen and oxygen atoms in total. The number of aryl methyl sites for hydroxylation is 1. The van der Waals surface area contributed by atoms with Gasteiger partial charge in [0.25, 0.3) is 0 Å². The van der Waals surface area contributed by atoms with Crippen molar-refractivity contribution < 1.29 is 33.3 Å². The quantitative estimate of drug-likeness (QED) is 0.658. The van der Waals surface area contributed by atoms with Crippen molar-refractivity contribution in [3.8, 4) is 5.75 Å². The molecule has 2 aromatic rings. The number of fused-ring (bicyclic) bond motifs is 2. The van der Waals surface area contributed by atoms with Crippen molar-refractivity contribution in [1.82, 2.24) is 0 Å². The SMILES string of the molecule is O=C(O)c1ccc2c(c1F)O[C@H]1CC[C@H](/C=C/C(O)C3(c4ccc(F)cc4)COC3)[C@H]1CC2. The lowest BCUT2D eigenvalue weighted by molar-refractivity contribution is -0.106. The van der Waals surface area contributed by atoms with Gasteiger partial charge in [0, 0.05) is 5.92 Å². The number of aliphatic hydroxyl groups excluding tert-OH is 1. The van der Waals surface area contributed by atoms with E-state index in [4.69, 9.17) is 9.47 Å². The number of carboxylic acids is 1. The highest BCUT2D eigenvalue weighted by molar-refractivity contribution is 5.88. The van der Waals surface area contributed by atoms with E-state index >= 15 is 0 Å². The number of carboxylic acid groups (broad SMARTS) is 1. The molecule has 0 spiro atoms. The molecule has 2 aliphatic heterocycles. The summed E-state index contributed by atoms with van der Waals surface area (Å²) in [6, 6.07) is 9.10. The molecule has 1 saturated heterocycles. The third-order valence-electron chi connectivity index (χ3n) is 7.48. The van der Waals surface area contributed by atoms with Crippen molar-refractivity contribution in [1.29, 1.82) is 0 Å². The molecule has 5 rings (SSSR count). The number of halogens is 2. The van der Waals surface area contributed by atoms with E-state index in [1.54, 1.807) is 24.3 Å². The number of carbonyl (C=O) groups is 1. The standard InChI is InChI=1S/C26H26F2O5/c27-18-7-5-17(6-8-18)26(13-32-14-26)22(29)12-4-15-3-11-21-19(15)9-1-16-2-10-20(25(30)31)23(28)24(16)33-21/h2,4-8,10,12,15,19,21-22,29H,1,3,9,11,13-14H2,(H,30,31)/b12-4+/t15-,19-,21+,22?/m1/s1. The minimum Gasteiger partial charge on any atom is -0.487 e. The first-order valence-corrected chi connectivity index (χ1v) is 11.3. The lowest BCUT2D eigenvalue weighted by Gasteiger charge is -2.44. The van der Waals surface area contributed by atoms with Crippen LogP contribution >= 0.6 is 0 Å². The van der Waals surface area contributed by atoms with Gasteiger partial charge in [-0.1, -0.05) is 30.4 Å². The summed E-state index contributed by atoms with van der Waals surface area (Å²) >= 11 is 0. The predicted octanol–water partition coefficient (Wildman–Crippen LogP) is 4.27. The average Bonchev–Trinajstić information content (AvgIpc) is 3.03. The fourth-order valence-electron chi connectivity index (χ4n) is 5.45. The maximum absolute atomic E-state index is 14.8. The Kier molecular flexibility index (Phi) is 5.70. The van der Waals surface area contributed by atoms with Crippen LogP contribution in [0.25, 0.3) is 0 Å². The van der Waals surface area contributed by atoms with Crippen LogP contribution in [0.15, 0.2) is 48.6 Å². The summed E-state index contributed by atoms with van der Waals surface area (Å²) in [7, 11) is 0. The Morgan fingerprint density at radius 1 is 1.09 bits per heavy atom. The largest absolute Gasteiger partial charge is 0.487 e. The number of allylic oxidation sites excluding steroid dienone is 1. The maximum Gasteiger partial charge on any atom is 0.338 e. The van der Waals surface area contributed by atoms with Crippen LogP contribution in [0.4, 0.5) is 8.78 Å². The summed E-state index contributed by atoms with van der Waals surface area (Å²) in [5, 5.41) is 20.2. The molecule has 0 amide bonds. The Bertz CT molecular complexity index is 1080. The van der Waals surface area contributed by atoms with Crippen LogP contribution in [0.2, 0.25) is 0 Å². The number of rotatable bonds is 5. The zero-order chi connectivity index (χ0) is 23.2.